The molecule has 5 rings (SSSR count). The van der Waals surface area contributed by atoms with E-state index in [2.05, 4.69) is 17.1 Å². The van der Waals surface area contributed by atoms with Crippen LogP contribution in [-0.2, 0) is 17.5 Å². The van der Waals surface area contributed by atoms with Crippen LogP contribution in [0.3, 0.4) is 0 Å². The fourth-order valence-electron chi connectivity index (χ4n) is 4.53. The lowest BCUT2D eigenvalue weighted by Crippen LogP contribution is -2.27. The Kier molecular flexibility index (Phi) is 7.01. The number of alkyl halides is 3. The van der Waals surface area contributed by atoms with E-state index >= 15 is 0 Å². The van der Waals surface area contributed by atoms with Crippen LogP contribution in [0.2, 0.25) is 0 Å². The highest BCUT2D eigenvalue weighted by Crippen LogP contribution is 2.36. The van der Waals surface area contributed by atoms with Gasteiger partial charge in [-0.25, -0.2) is 0 Å². The molecule has 3 aromatic carbocycles. The van der Waals surface area contributed by atoms with Gasteiger partial charge in [-0.3, -0.25) is 14.7 Å². The van der Waals surface area contributed by atoms with E-state index in [4.69, 9.17) is 4.74 Å². The summed E-state index contributed by atoms with van der Waals surface area (Å²) >= 11 is 0. The van der Waals surface area contributed by atoms with Crippen molar-refractivity contribution in [2.24, 2.45) is 0 Å². The van der Waals surface area contributed by atoms with Crippen molar-refractivity contribution in [2.45, 2.75) is 25.6 Å². The van der Waals surface area contributed by atoms with Crippen molar-refractivity contribution in [1.29, 1.82) is 0 Å². The molecule has 1 aromatic heterocycles. The summed E-state index contributed by atoms with van der Waals surface area (Å²) in [5.41, 5.74) is 3.04. The van der Waals surface area contributed by atoms with Gasteiger partial charge >= 0.3 is 6.18 Å². The fraction of sp³-hybridized carbons (Fsp3) is 0.200. The van der Waals surface area contributed by atoms with Crippen molar-refractivity contribution < 1.29 is 27.8 Å². The first-order valence-electron chi connectivity index (χ1n) is 12.1. The maximum absolute atomic E-state index is 13.8. The number of rotatable bonds is 6. The fourth-order valence-corrected chi connectivity index (χ4v) is 4.53. The van der Waals surface area contributed by atoms with Crippen LogP contribution in [0.25, 0.3) is 11.1 Å². The second-order valence-corrected chi connectivity index (χ2v) is 9.19. The Morgan fingerprint density at radius 1 is 1.00 bits per heavy atom. The number of carbonyl (C=O) groups excluding carboxylic acids is 1. The summed E-state index contributed by atoms with van der Waals surface area (Å²) in [7, 11) is 0. The normalized spacial score (nSPS) is 13.7. The molecular formula is C30H25F3N2O3. The minimum atomic E-state index is -4.72. The van der Waals surface area contributed by atoms with Gasteiger partial charge in [0, 0.05) is 28.4 Å². The van der Waals surface area contributed by atoms with Gasteiger partial charge in [-0.1, -0.05) is 48.5 Å². The number of benzene rings is 3. The van der Waals surface area contributed by atoms with Crippen molar-refractivity contribution in [2.75, 3.05) is 18.1 Å². The summed E-state index contributed by atoms with van der Waals surface area (Å²) in [5, 5.41) is 9.40. The Bertz CT molecular complexity index is 1470. The van der Waals surface area contributed by atoms with Crippen molar-refractivity contribution in [3.05, 3.63) is 113 Å². The van der Waals surface area contributed by atoms with E-state index in [1.165, 1.54) is 11.0 Å². The molecule has 0 atom stereocenters. The molecule has 38 heavy (non-hydrogen) atoms. The van der Waals surface area contributed by atoms with Crippen molar-refractivity contribution in [3.63, 3.8) is 0 Å². The Balaban J connectivity index is 1.60. The van der Waals surface area contributed by atoms with Crippen molar-refractivity contribution >= 4 is 17.3 Å². The molecule has 4 aromatic rings. The van der Waals surface area contributed by atoms with Crippen LogP contribution in [0.1, 0.15) is 38.7 Å². The van der Waals surface area contributed by atoms with Crippen LogP contribution in [0.5, 0.6) is 0 Å². The van der Waals surface area contributed by atoms with Gasteiger partial charge in [0.15, 0.2) is 0 Å². The van der Waals surface area contributed by atoms with Gasteiger partial charge in [-0.05, 0) is 53.9 Å². The number of amides is 1. The number of nitrogens with zero attached hydrogens (tertiary/aromatic N) is 2. The van der Waals surface area contributed by atoms with Gasteiger partial charge in [0.05, 0.1) is 37.3 Å². The summed E-state index contributed by atoms with van der Waals surface area (Å²) in [6.45, 7) is 2.43. The standard InChI is InChI=1S/C30H25F3N2O3/c1-19-27(21-7-5-6-20(12-21)24-17-38-18-24)14-26(15-34-19)35(25-8-3-2-4-9-25)29(37)22-10-11-23(16-36)28(13-22)30(31,32)33/h2-15,24,36H,16-18H2,1H3. The van der Waals surface area contributed by atoms with Crippen LogP contribution < -0.4 is 4.90 Å². The van der Waals surface area contributed by atoms with Crippen LogP contribution in [-0.4, -0.2) is 29.2 Å². The molecule has 1 N–H and O–H groups in total. The molecule has 5 nitrogen and oxygen atoms in total. The number of hydrogen-bond acceptors (Lipinski definition) is 4. The molecule has 0 aliphatic carbocycles. The molecule has 1 fully saturated rings. The van der Waals surface area contributed by atoms with Crippen LogP contribution in [0.4, 0.5) is 24.5 Å². The van der Waals surface area contributed by atoms with Gasteiger partial charge in [-0.15, -0.1) is 0 Å². The molecule has 1 saturated heterocycles. The number of pyridine rings is 1. The second kappa shape index (κ2) is 10.4. The summed E-state index contributed by atoms with van der Waals surface area (Å²) in [5.74, 6) is -0.318. The predicted molar refractivity (Wildman–Crippen MR) is 138 cm³/mol. The summed E-state index contributed by atoms with van der Waals surface area (Å²) in [6, 6.07) is 21.8. The molecule has 194 valence electrons. The summed E-state index contributed by atoms with van der Waals surface area (Å²) < 4.78 is 46.4. The monoisotopic (exact) mass is 518 g/mol. The Labute approximate surface area is 218 Å². The number of aliphatic hydroxyl groups excluding tert-OH is 1. The van der Waals surface area contributed by atoms with E-state index in [-0.39, 0.29) is 11.1 Å². The SMILES string of the molecule is Cc1ncc(N(C(=O)c2ccc(CO)c(C(F)(F)F)c2)c2ccccc2)cc1-c1cccc(C2COC2)c1. The van der Waals surface area contributed by atoms with Crippen LogP contribution in [0, 0.1) is 6.92 Å². The maximum atomic E-state index is 13.8. The van der Waals surface area contributed by atoms with Crippen LogP contribution in [0.15, 0.2) is 85.1 Å². The number of para-hydroxylation sites is 1. The molecular weight excluding hydrogens is 493 g/mol. The average molecular weight is 519 g/mol. The van der Waals surface area contributed by atoms with Crippen molar-refractivity contribution in [3.8, 4) is 11.1 Å². The number of aryl methyl sites for hydroxylation is 1. The number of aromatic nitrogens is 1. The number of hydrogen-bond donors (Lipinski definition) is 1. The third-order valence-corrected chi connectivity index (χ3v) is 6.69. The first kappa shape index (κ1) is 25.6. The zero-order valence-electron chi connectivity index (χ0n) is 20.6. The molecule has 0 saturated carbocycles. The lowest BCUT2D eigenvalue weighted by molar-refractivity contribution is -0.138. The average Bonchev–Trinajstić information content (AvgIpc) is 2.88. The number of ether oxygens (including phenoxy) is 1. The van der Waals surface area contributed by atoms with E-state index in [9.17, 15) is 23.1 Å². The lowest BCUT2D eigenvalue weighted by atomic mass is 9.93. The third-order valence-electron chi connectivity index (χ3n) is 6.69. The lowest BCUT2D eigenvalue weighted by Gasteiger charge is -2.27. The van der Waals surface area contributed by atoms with Gasteiger partial charge < -0.3 is 9.84 Å². The number of aliphatic hydroxyl groups is 1. The predicted octanol–water partition coefficient (Wildman–Crippen LogP) is 6.66. The minimum absolute atomic E-state index is 0.160. The van der Waals surface area contributed by atoms with E-state index in [1.54, 1.807) is 36.5 Å². The second-order valence-electron chi connectivity index (χ2n) is 9.19. The summed E-state index contributed by atoms with van der Waals surface area (Å²) in [4.78, 5) is 19.7. The van der Waals surface area contributed by atoms with E-state index in [1.807, 2.05) is 25.1 Å². The van der Waals surface area contributed by atoms with Crippen LogP contribution >= 0.6 is 0 Å². The highest BCUT2D eigenvalue weighted by molar-refractivity contribution is 6.11. The first-order valence-corrected chi connectivity index (χ1v) is 12.1. The smallest absolute Gasteiger partial charge is 0.392 e. The molecule has 1 amide bonds. The first-order chi connectivity index (χ1) is 18.3. The molecule has 1 aliphatic heterocycles. The summed E-state index contributed by atoms with van der Waals surface area (Å²) in [6.07, 6.45) is -3.18. The number of halogens is 3. The van der Waals surface area contributed by atoms with E-state index in [0.717, 1.165) is 34.5 Å². The highest BCUT2D eigenvalue weighted by atomic mass is 19.4. The third kappa shape index (κ3) is 5.05. The molecule has 0 bridgehead atoms. The van der Waals surface area contributed by atoms with Gasteiger partial charge in [0.1, 0.15) is 0 Å². The zero-order chi connectivity index (χ0) is 26.9. The quantitative estimate of drug-likeness (QED) is 0.310. The molecule has 0 unspecified atom stereocenters. The number of anilines is 2. The topological polar surface area (TPSA) is 62.7 Å². The highest BCUT2D eigenvalue weighted by Gasteiger charge is 2.34. The zero-order valence-corrected chi connectivity index (χ0v) is 20.6. The Morgan fingerprint density at radius 3 is 2.42 bits per heavy atom. The molecule has 1 aliphatic rings. The largest absolute Gasteiger partial charge is 0.416 e. The molecule has 2 heterocycles. The van der Waals surface area contributed by atoms with E-state index < -0.39 is 24.3 Å². The van der Waals surface area contributed by atoms with Gasteiger partial charge in [0.2, 0.25) is 0 Å². The molecule has 8 heteroatoms. The molecule has 0 radical (unpaired) electrons. The molecule has 0 spiro atoms. The van der Waals surface area contributed by atoms with E-state index in [0.29, 0.717) is 30.5 Å². The Hall–Kier alpha value is -4.01. The van der Waals surface area contributed by atoms with Gasteiger partial charge in [-0.2, -0.15) is 13.2 Å². The Morgan fingerprint density at radius 2 is 1.76 bits per heavy atom. The van der Waals surface area contributed by atoms with Crippen molar-refractivity contribution in [1.82, 2.24) is 4.98 Å². The minimum Gasteiger partial charge on any atom is -0.392 e. The maximum Gasteiger partial charge on any atom is 0.416 e. The number of carbonyl (C=O) groups is 1. The van der Waals surface area contributed by atoms with Gasteiger partial charge in [0.25, 0.3) is 5.91 Å².